The number of unbranched alkanes of at least 4 members (excludes halogenated alkanes) is 1. The number of nitrogens with zero attached hydrogens (tertiary/aromatic N) is 1. The fourth-order valence-corrected chi connectivity index (χ4v) is 1.99. The third-order valence-electron chi connectivity index (χ3n) is 3.00. The van der Waals surface area contributed by atoms with Crippen molar-refractivity contribution in [2.24, 2.45) is 5.10 Å². The van der Waals surface area contributed by atoms with E-state index in [-0.39, 0.29) is 5.91 Å². The van der Waals surface area contributed by atoms with Crippen LogP contribution in [0, 0.1) is 0 Å². The van der Waals surface area contributed by atoms with Crippen LogP contribution in [0.2, 0.25) is 0 Å². The lowest BCUT2D eigenvalue weighted by molar-refractivity contribution is -0.121. The summed E-state index contributed by atoms with van der Waals surface area (Å²) < 4.78 is 0. The van der Waals surface area contributed by atoms with Crippen LogP contribution in [0.25, 0.3) is 0 Å². The van der Waals surface area contributed by atoms with E-state index in [2.05, 4.69) is 34.8 Å². The molecule has 0 unspecified atom stereocenters. The van der Waals surface area contributed by atoms with Gasteiger partial charge in [-0.2, -0.15) is 5.10 Å². The Hall–Kier alpha value is -1.64. The van der Waals surface area contributed by atoms with Gasteiger partial charge in [-0.1, -0.05) is 30.3 Å². The van der Waals surface area contributed by atoms with Crippen LogP contribution in [0.15, 0.2) is 35.4 Å². The summed E-state index contributed by atoms with van der Waals surface area (Å²) in [6.07, 6.45) is 5.88. The van der Waals surface area contributed by atoms with Crippen molar-refractivity contribution in [1.82, 2.24) is 5.43 Å². The minimum absolute atomic E-state index is 0.0398. The van der Waals surface area contributed by atoms with E-state index in [1.165, 1.54) is 12.0 Å². The Morgan fingerprint density at radius 2 is 1.82 bits per heavy atom. The van der Waals surface area contributed by atoms with Crippen LogP contribution in [0.5, 0.6) is 0 Å². The highest BCUT2D eigenvalue weighted by Crippen LogP contribution is 2.10. The summed E-state index contributed by atoms with van der Waals surface area (Å²) in [7, 11) is 0. The normalized spacial score (nSPS) is 15.3. The Balaban J connectivity index is 1.65. The topological polar surface area (TPSA) is 41.5 Å². The molecule has 0 bridgehead atoms. The summed E-state index contributed by atoms with van der Waals surface area (Å²) in [5.41, 5.74) is 5.07. The largest absolute Gasteiger partial charge is 0.273 e. The molecule has 1 aromatic carbocycles. The van der Waals surface area contributed by atoms with E-state index in [1.807, 2.05) is 6.07 Å². The number of amides is 1. The van der Waals surface area contributed by atoms with Crippen molar-refractivity contribution in [2.75, 3.05) is 0 Å². The predicted octanol–water partition coefficient (Wildman–Crippen LogP) is 2.67. The predicted molar refractivity (Wildman–Crippen MR) is 68.8 cm³/mol. The average Bonchev–Trinajstić information content (AvgIpc) is 2.38. The summed E-state index contributed by atoms with van der Waals surface area (Å²) >= 11 is 0. The van der Waals surface area contributed by atoms with E-state index in [0.717, 1.165) is 31.4 Å². The zero-order chi connectivity index (χ0) is 11.9. The smallest absolute Gasteiger partial charge is 0.240 e. The molecule has 0 spiro atoms. The molecule has 1 amide bonds. The highest BCUT2D eigenvalue weighted by molar-refractivity contribution is 5.92. The number of hydrogen-bond donors (Lipinski definition) is 1. The second-order valence-corrected chi connectivity index (χ2v) is 4.41. The van der Waals surface area contributed by atoms with Gasteiger partial charge in [0, 0.05) is 12.1 Å². The van der Waals surface area contributed by atoms with E-state index in [4.69, 9.17) is 0 Å². The van der Waals surface area contributed by atoms with Crippen LogP contribution in [0.1, 0.15) is 37.7 Å². The van der Waals surface area contributed by atoms with Gasteiger partial charge < -0.3 is 0 Å². The monoisotopic (exact) mass is 230 g/mol. The molecule has 1 N–H and O–H groups in total. The van der Waals surface area contributed by atoms with E-state index < -0.39 is 0 Å². The first-order chi connectivity index (χ1) is 8.34. The Morgan fingerprint density at radius 3 is 2.53 bits per heavy atom. The first-order valence-electron chi connectivity index (χ1n) is 6.23. The molecule has 17 heavy (non-hydrogen) atoms. The summed E-state index contributed by atoms with van der Waals surface area (Å²) in [6.45, 7) is 0. The SMILES string of the molecule is O=C1CCC(CCCCc2ccccc2)=NN1. The number of carbonyl (C=O) groups is 1. The van der Waals surface area contributed by atoms with Crippen LogP contribution >= 0.6 is 0 Å². The Labute approximate surface area is 102 Å². The number of nitrogens with one attached hydrogen (secondary N) is 1. The van der Waals surface area contributed by atoms with Crippen molar-refractivity contribution < 1.29 is 4.79 Å². The maximum absolute atomic E-state index is 10.9. The molecule has 0 fully saturated rings. The van der Waals surface area contributed by atoms with Crippen molar-refractivity contribution in [3.05, 3.63) is 35.9 Å². The maximum Gasteiger partial charge on any atom is 0.240 e. The van der Waals surface area contributed by atoms with Crippen LogP contribution < -0.4 is 5.43 Å². The van der Waals surface area contributed by atoms with Gasteiger partial charge in [0.15, 0.2) is 0 Å². The van der Waals surface area contributed by atoms with E-state index in [1.54, 1.807) is 0 Å². The van der Waals surface area contributed by atoms with Crippen molar-refractivity contribution in [3.63, 3.8) is 0 Å². The fourth-order valence-electron chi connectivity index (χ4n) is 1.99. The lowest BCUT2D eigenvalue weighted by atomic mass is 10.0. The molecule has 0 radical (unpaired) electrons. The van der Waals surface area contributed by atoms with Gasteiger partial charge in [0.2, 0.25) is 5.91 Å². The van der Waals surface area contributed by atoms with Crippen molar-refractivity contribution in [2.45, 2.75) is 38.5 Å². The number of hydrogen-bond acceptors (Lipinski definition) is 2. The molecular formula is C14H18N2O. The summed E-state index contributed by atoms with van der Waals surface area (Å²) in [5.74, 6) is 0.0398. The molecule has 0 aromatic heterocycles. The number of benzene rings is 1. The zero-order valence-electron chi connectivity index (χ0n) is 9.98. The molecule has 1 aromatic rings. The molecule has 0 aliphatic carbocycles. The number of aryl methyl sites for hydroxylation is 1. The number of hydrazone groups is 1. The lowest BCUT2D eigenvalue weighted by Crippen LogP contribution is -2.25. The molecule has 1 heterocycles. The maximum atomic E-state index is 10.9. The van der Waals surface area contributed by atoms with Gasteiger partial charge in [-0.05, 0) is 37.7 Å². The molecular weight excluding hydrogens is 212 g/mol. The average molecular weight is 230 g/mol. The number of carbonyl (C=O) groups excluding carboxylic acids is 1. The second-order valence-electron chi connectivity index (χ2n) is 4.41. The van der Waals surface area contributed by atoms with E-state index in [9.17, 15) is 4.79 Å². The van der Waals surface area contributed by atoms with Crippen LogP contribution in [-0.4, -0.2) is 11.6 Å². The lowest BCUT2D eigenvalue weighted by Gasteiger charge is -2.11. The Kier molecular flexibility index (Phi) is 4.30. The van der Waals surface area contributed by atoms with E-state index in [0.29, 0.717) is 6.42 Å². The van der Waals surface area contributed by atoms with Gasteiger partial charge in [-0.3, -0.25) is 4.79 Å². The van der Waals surface area contributed by atoms with Gasteiger partial charge in [0.25, 0.3) is 0 Å². The quantitative estimate of drug-likeness (QED) is 0.776. The minimum Gasteiger partial charge on any atom is -0.273 e. The van der Waals surface area contributed by atoms with Gasteiger partial charge >= 0.3 is 0 Å². The second kappa shape index (κ2) is 6.18. The summed E-state index contributed by atoms with van der Waals surface area (Å²) in [5, 5.41) is 4.07. The molecule has 0 saturated heterocycles. The van der Waals surface area contributed by atoms with Crippen LogP contribution in [0.4, 0.5) is 0 Å². The van der Waals surface area contributed by atoms with Crippen LogP contribution in [0.3, 0.4) is 0 Å². The van der Waals surface area contributed by atoms with Gasteiger partial charge in [-0.15, -0.1) is 0 Å². The number of rotatable bonds is 5. The first kappa shape index (κ1) is 11.8. The molecule has 0 atom stereocenters. The standard InChI is InChI=1S/C14H18N2O/c17-14-11-10-13(15-16-14)9-5-4-8-12-6-2-1-3-7-12/h1-3,6-7H,4-5,8-11H2,(H,16,17). The minimum atomic E-state index is 0.0398. The molecule has 0 saturated carbocycles. The van der Waals surface area contributed by atoms with E-state index >= 15 is 0 Å². The Bertz CT molecular complexity index is 398. The fraction of sp³-hybridized carbons (Fsp3) is 0.429. The summed E-state index contributed by atoms with van der Waals surface area (Å²) in [4.78, 5) is 10.9. The third-order valence-corrected chi connectivity index (χ3v) is 3.00. The highest BCUT2D eigenvalue weighted by atomic mass is 16.2. The molecule has 1 aliphatic heterocycles. The van der Waals surface area contributed by atoms with Crippen LogP contribution in [-0.2, 0) is 11.2 Å². The van der Waals surface area contributed by atoms with Crippen molar-refractivity contribution in [3.8, 4) is 0 Å². The van der Waals surface area contributed by atoms with Crippen molar-refractivity contribution in [1.29, 1.82) is 0 Å². The molecule has 2 rings (SSSR count). The van der Waals surface area contributed by atoms with Crippen molar-refractivity contribution >= 4 is 11.6 Å². The molecule has 3 heteroatoms. The molecule has 3 nitrogen and oxygen atoms in total. The van der Waals surface area contributed by atoms with Gasteiger partial charge in [0.05, 0.1) is 0 Å². The summed E-state index contributed by atoms with van der Waals surface area (Å²) in [6, 6.07) is 10.5. The zero-order valence-corrected chi connectivity index (χ0v) is 9.98. The highest BCUT2D eigenvalue weighted by Gasteiger charge is 2.10. The third kappa shape index (κ3) is 4.02. The molecule has 90 valence electrons. The van der Waals surface area contributed by atoms with Gasteiger partial charge in [0.1, 0.15) is 0 Å². The first-order valence-corrected chi connectivity index (χ1v) is 6.23. The Morgan fingerprint density at radius 1 is 1.06 bits per heavy atom. The molecule has 1 aliphatic rings. The van der Waals surface area contributed by atoms with Gasteiger partial charge in [-0.25, -0.2) is 5.43 Å².